The van der Waals surface area contributed by atoms with Crippen LogP contribution < -0.4 is 11.5 Å². The highest BCUT2D eigenvalue weighted by Gasteiger charge is 2.10. The summed E-state index contributed by atoms with van der Waals surface area (Å²) in [6.07, 6.45) is 8.35. The molecule has 3 aromatic heterocycles. The number of rotatable bonds is 4. The molecule has 9 nitrogen and oxygen atoms in total. The number of imidazole rings is 2. The standard InChI is InChI=1S/C11H13N9/c12-11(13)15-2-4-20-7-18-8-9(16-5-17-10(8)20)19-3-1-14-6-19/h1,3,5-7H,2,4H2,(H4,12,13,15). The fourth-order valence-corrected chi connectivity index (χ4v) is 1.89. The van der Waals surface area contributed by atoms with Crippen LogP contribution >= 0.6 is 0 Å². The highest BCUT2D eigenvalue weighted by molar-refractivity contribution is 5.78. The summed E-state index contributed by atoms with van der Waals surface area (Å²) in [6, 6.07) is 0. The second kappa shape index (κ2) is 4.96. The van der Waals surface area contributed by atoms with Crippen LogP contribution in [0, 0.1) is 0 Å². The van der Waals surface area contributed by atoms with E-state index in [1.807, 2.05) is 4.57 Å². The molecule has 0 fully saturated rings. The Kier molecular flexibility index (Phi) is 2.99. The van der Waals surface area contributed by atoms with Crippen molar-refractivity contribution in [2.45, 2.75) is 6.54 Å². The van der Waals surface area contributed by atoms with Crippen molar-refractivity contribution in [2.24, 2.45) is 16.5 Å². The molecular weight excluding hydrogens is 258 g/mol. The van der Waals surface area contributed by atoms with Crippen molar-refractivity contribution < 1.29 is 0 Å². The third-order valence-electron chi connectivity index (χ3n) is 2.77. The van der Waals surface area contributed by atoms with Gasteiger partial charge in [0.2, 0.25) is 0 Å². The van der Waals surface area contributed by atoms with E-state index < -0.39 is 0 Å². The maximum atomic E-state index is 5.30. The van der Waals surface area contributed by atoms with Gasteiger partial charge in [0.1, 0.15) is 12.7 Å². The maximum absolute atomic E-state index is 5.30. The lowest BCUT2D eigenvalue weighted by molar-refractivity contribution is 0.721. The smallest absolute Gasteiger partial charge is 0.185 e. The molecule has 0 saturated carbocycles. The third kappa shape index (κ3) is 2.16. The maximum Gasteiger partial charge on any atom is 0.185 e. The van der Waals surface area contributed by atoms with E-state index in [0.717, 1.165) is 5.65 Å². The van der Waals surface area contributed by atoms with Crippen LogP contribution in [0.5, 0.6) is 0 Å². The molecule has 20 heavy (non-hydrogen) atoms. The number of nitrogens with zero attached hydrogens (tertiary/aromatic N) is 7. The highest BCUT2D eigenvalue weighted by atomic mass is 15.2. The van der Waals surface area contributed by atoms with Gasteiger partial charge >= 0.3 is 0 Å². The predicted octanol–water partition coefficient (Wildman–Crippen LogP) is -0.715. The number of nitrogens with two attached hydrogens (primary N) is 2. The van der Waals surface area contributed by atoms with Crippen LogP contribution in [0.1, 0.15) is 0 Å². The van der Waals surface area contributed by atoms with Gasteiger partial charge in [0, 0.05) is 18.9 Å². The Hall–Kier alpha value is -2.97. The summed E-state index contributed by atoms with van der Waals surface area (Å²) in [5.74, 6) is 0.760. The number of aromatic nitrogens is 6. The van der Waals surface area contributed by atoms with Crippen LogP contribution in [0.15, 0.2) is 36.4 Å². The van der Waals surface area contributed by atoms with E-state index in [9.17, 15) is 0 Å². The zero-order valence-electron chi connectivity index (χ0n) is 10.6. The van der Waals surface area contributed by atoms with Crippen molar-refractivity contribution >= 4 is 17.1 Å². The van der Waals surface area contributed by atoms with E-state index in [0.29, 0.717) is 24.4 Å². The van der Waals surface area contributed by atoms with Crippen molar-refractivity contribution in [3.8, 4) is 5.82 Å². The van der Waals surface area contributed by atoms with Crippen molar-refractivity contribution in [1.82, 2.24) is 29.1 Å². The Morgan fingerprint density at radius 1 is 1.20 bits per heavy atom. The molecule has 0 radical (unpaired) electrons. The molecule has 0 amide bonds. The van der Waals surface area contributed by atoms with E-state index >= 15 is 0 Å². The van der Waals surface area contributed by atoms with Gasteiger partial charge in [0.05, 0.1) is 12.9 Å². The van der Waals surface area contributed by atoms with Gasteiger partial charge in [-0.2, -0.15) is 0 Å². The first-order valence-corrected chi connectivity index (χ1v) is 5.95. The predicted molar refractivity (Wildman–Crippen MR) is 73.1 cm³/mol. The first-order chi connectivity index (χ1) is 9.75. The van der Waals surface area contributed by atoms with E-state index in [1.165, 1.54) is 6.33 Å². The Morgan fingerprint density at radius 3 is 2.85 bits per heavy atom. The second-order valence-electron chi connectivity index (χ2n) is 4.08. The molecule has 0 bridgehead atoms. The second-order valence-corrected chi connectivity index (χ2v) is 4.08. The topological polar surface area (TPSA) is 126 Å². The molecule has 0 aliphatic heterocycles. The molecule has 0 saturated heterocycles. The van der Waals surface area contributed by atoms with Crippen molar-refractivity contribution in [1.29, 1.82) is 0 Å². The molecule has 9 heteroatoms. The molecule has 0 aliphatic carbocycles. The third-order valence-corrected chi connectivity index (χ3v) is 2.77. The molecule has 102 valence electrons. The van der Waals surface area contributed by atoms with Gasteiger partial charge in [0.25, 0.3) is 0 Å². The molecule has 0 aromatic carbocycles. The molecule has 0 unspecified atom stereocenters. The van der Waals surface area contributed by atoms with E-state index in [1.54, 1.807) is 29.6 Å². The fourth-order valence-electron chi connectivity index (χ4n) is 1.89. The summed E-state index contributed by atoms with van der Waals surface area (Å²) in [6.45, 7) is 1.06. The molecular formula is C11H13N9. The number of hydrogen-bond donors (Lipinski definition) is 2. The summed E-state index contributed by atoms with van der Waals surface area (Å²) >= 11 is 0. The Balaban J connectivity index is 1.97. The lowest BCUT2D eigenvalue weighted by Crippen LogP contribution is -2.23. The van der Waals surface area contributed by atoms with Crippen LogP contribution in [0.2, 0.25) is 0 Å². The molecule has 0 spiro atoms. The first-order valence-electron chi connectivity index (χ1n) is 5.95. The highest BCUT2D eigenvalue weighted by Crippen LogP contribution is 2.16. The monoisotopic (exact) mass is 271 g/mol. The van der Waals surface area contributed by atoms with Crippen molar-refractivity contribution in [2.75, 3.05) is 6.54 Å². The van der Waals surface area contributed by atoms with Crippen LogP contribution in [-0.2, 0) is 6.54 Å². The lowest BCUT2D eigenvalue weighted by Gasteiger charge is -2.03. The minimum absolute atomic E-state index is 0.0724. The number of fused-ring (bicyclic) bond motifs is 1. The quantitative estimate of drug-likeness (QED) is 0.476. The van der Waals surface area contributed by atoms with Crippen molar-refractivity contribution in [3.05, 3.63) is 31.4 Å². The van der Waals surface area contributed by atoms with Crippen LogP contribution in [-0.4, -0.2) is 41.6 Å². The molecule has 0 aliphatic rings. The fraction of sp³-hybridized carbons (Fsp3) is 0.182. The SMILES string of the molecule is NC(N)=NCCn1cnc2c(-n3ccnc3)ncnc21. The molecule has 4 N–H and O–H groups in total. The van der Waals surface area contributed by atoms with Crippen LogP contribution in [0.25, 0.3) is 17.0 Å². The first kappa shape index (κ1) is 12.1. The average molecular weight is 271 g/mol. The molecule has 0 atom stereocenters. The van der Waals surface area contributed by atoms with Gasteiger partial charge < -0.3 is 16.0 Å². The number of hydrogen-bond acceptors (Lipinski definition) is 5. The summed E-state index contributed by atoms with van der Waals surface area (Å²) in [7, 11) is 0. The minimum atomic E-state index is 0.0724. The molecule has 3 rings (SSSR count). The van der Waals surface area contributed by atoms with Gasteiger partial charge in [-0.25, -0.2) is 19.9 Å². The summed E-state index contributed by atoms with van der Waals surface area (Å²) < 4.78 is 3.67. The van der Waals surface area contributed by atoms with Gasteiger partial charge in [-0.05, 0) is 0 Å². The van der Waals surface area contributed by atoms with Gasteiger partial charge in [0.15, 0.2) is 22.9 Å². The van der Waals surface area contributed by atoms with E-state index in [4.69, 9.17) is 11.5 Å². The zero-order chi connectivity index (χ0) is 13.9. The van der Waals surface area contributed by atoms with E-state index in [-0.39, 0.29) is 5.96 Å². The number of aliphatic imine (C=N–C) groups is 1. The number of guanidine groups is 1. The van der Waals surface area contributed by atoms with Crippen LogP contribution in [0.4, 0.5) is 0 Å². The molecule has 3 heterocycles. The summed E-state index contributed by atoms with van der Waals surface area (Å²) in [4.78, 5) is 20.8. The van der Waals surface area contributed by atoms with Gasteiger partial charge in [-0.1, -0.05) is 0 Å². The van der Waals surface area contributed by atoms with Gasteiger partial charge in [-0.3, -0.25) is 9.56 Å². The van der Waals surface area contributed by atoms with Crippen LogP contribution in [0.3, 0.4) is 0 Å². The van der Waals surface area contributed by atoms with Crippen molar-refractivity contribution in [3.63, 3.8) is 0 Å². The van der Waals surface area contributed by atoms with Gasteiger partial charge in [-0.15, -0.1) is 0 Å². The summed E-state index contributed by atoms with van der Waals surface area (Å²) in [5, 5.41) is 0. The minimum Gasteiger partial charge on any atom is -0.370 e. The average Bonchev–Trinajstić information content (AvgIpc) is 3.07. The zero-order valence-corrected chi connectivity index (χ0v) is 10.6. The summed E-state index contributed by atoms with van der Waals surface area (Å²) in [5.41, 5.74) is 12.0. The Bertz CT molecular complexity index is 736. The Morgan fingerprint density at radius 2 is 2.10 bits per heavy atom. The lowest BCUT2D eigenvalue weighted by atomic mass is 10.4. The Labute approximate surface area is 114 Å². The normalized spacial score (nSPS) is 10.8. The molecule has 3 aromatic rings. The largest absolute Gasteiger partial charge is 0.370 e. The van der Waals surface area contributed by atoms with E-state index in [2.05, 4.69) is 24.9 Å².